The summed E-state index contributed by atoms with van der Waals surface area (Å²) in [5.74, 6) is 0.853. The van der Waals surface area contributed by atoms with Crippen molar-refractivity contribution < 1.29 is 9.00 Å². The average Bonchev–Trinajstić information content (AvgIpc) is 2.62. The molecule has 0 saturated carbocycles. The number of nitrogens with zero attached hydrogens (tertiary/aromatic N) is 4. The molecule has 0 unspecified atom stereocenters. The second-order valence-electron chi connectivity index (χ2n) is 5.32. The fourth-order valence-electron chi connectivity index (χ4n) is 2.56. The molecule has 2 aromatic rings. The largest absolute Gasteiger partial charge is 0.352 e. The van der Waals surface area contributed by atoms with Crippen molar-refractivity contribution in [3.05, 3.63) is 48.4 Å². The molecule has 6 nitrogen and oxygen atoms in total. The summed E-state index contributed by atoms with van der Waals surface area (Å²) >= 11 is 0. The number of hydrogen-bond donors (Lipinski definition) is 0. The Balaban J connectivity index is 1.63. The summed E-state index contributed by atoms with van der Waals surface area (Å²) in [4.78, 5) is 25.6. The fourth-order valence-corrected chi connectivity index (χ4v) is 3.08. The van der Waals surface area contributed by atoms with Crippen LogP contribution in [0.2, 0.25) is 0 Å². The van der Waals surface area contributed by atoms with Crippen molar-refractivity contribution in [3.63, 3.8) is 0 Å². The van der Waals surface area contributed by atoms with Gasteiger partial charge in [0.2, 0.25) is 0 Å². The van der Waals surface area contributed by atoms with Crippen LogP contribution in [-0.2, 0) is 10.8 Å². The second kappa shape index (κ2) is 6.87. The molecule has 1 saturated heterocycles. The van der Waals surface area contributed by atoms with Crippen LogP contribution in [0.3, 0.4) is 0 Å². The highest BCUT2D eigenvalue weighted by Crippen LogP contribution is 2.15. The number of amides is 1. The van der Waals surface area contributed by atoms with Crippen LogP contribution in [0.5, 0.6) is 0 Å². The van der Waals surface area contributed by atoms with Crippen molar-refractivity contribution in [1.29, 1.82) is 0 Å². The summed E-state index contributed by atoms with van der Waals surface area (Å²) in [6, 6.07) is 6.99. The first kappa shape index (κ1) is 15.6. The first-order valence-electron chi connectivity index (χ1n) is 7.39. The first-order chi connectivity index (χ1) is 11.1. The minimum absolute atomic E-state index is 0.0113. The summed E-state index contributed by atoms with van der Waals surface area (Å²) < 4.78 is 11.4. The van der Waals surface area contributed by atoms with Crippen LogP contribution < -0.4 is 4.90 Å². The lowest BCUT2D eigenvalue weighted by Gasteiger charge is -2.35. The van der Waals surface area contributed by atoms with Gasteiger partial charge in [-0.15, -0.1) is 0 Å². The molecular weight excluding hydrogens is 312 g/mol. The number of carbonyl (C=O) groups is 1. The quantitative estimate of drug-likeness (QED) is 0.845. The van der Waals surface area contributed by atoms with Crippen molar-refractivity contribution >= 4 is 22.5 Å². The highest BCUT2D eigenvalue weighted by atomic mass is 32.2. The molecule has 0 radical (unpaired) electrons. The summed E-state index contributed by atoms with van der Waals surface area (Å²) in [6.07, 6.45) is 6.69. The van der Waals surface area contributed by atoms with E-state index < -0.39 is 10.8 Å². The third-order valence-corrected chi connectivity index (χ3v) is 4.81. The molecule has 0 aliphatic carbocycles. The SMILES string of the molecule is C[S@@](=O)c1ccc(C(=O)N2CCN(c3cnccn3)CC2)cc1. The van der Waals surface area contributed by atoms with E-state index in [1.165, 1.54) is 0 Å². The van der Waals surface area contributed by atoms with E-state index in [2.05, 4.69) is 14.9 Å². The predicted molar refractivity (Wildman–Crippen MR) is 88.9 cm³/mol. The normalized spacial score (nSPS) is 16.2. The number of piperazine rings is 1. The van der Waals surface area contributed by atoms with Crippen molar-refractivity contribution in [1.82, 2.24) is 14.9 Å². The molecule has 23 heavy (non-hydrogen) atoms. The maximum Gasteiger partial charge on any atom is 0.253 e. The van der Waals surface area contributed by atoms with E-state index in [4.69, 9.17) is 0 Å². The van der Waals surface area contributed by atoms with Gasteiger partial charge in [0.1, 0.15) is 5.82 Å². The number of anilines is 1. The molecule has 3 rings (SSSR count). The van der Waals surface area contributed by atoms with Crippen LogP contribution >= 0.6 is 0 Å². The Bertz CT molecular complexity index is 698. The third kappa shape index (κ3) is 3.56. The minimum Gasteiger partial charge on any atom is -0.352 e. The first-order valence-corrected chi connectivity index (χ1v) is 8.94. The molecule has 0 spiro atoms. The van der Waals surface area contributed by atoms with Gasteiger partial charge in [-0.25, -0.2) is 4.98 Å². The van der Waals surface area contributed by atoms with Gasteiger partial charge in [-0.2, -0.15) is 0 Å². The van der Waals surface area contributed by atoms with E-state index in [9.17, 15) is 9.00 Å². The topological polar surface area (TPSA) is 66.4 Å². The third-order valence-electron chi connectivity index (χ3n) is 3.87. The van der Waals surface area contributed by atoms with Gasteiger partial charge in [-0.05, 0) is 24.3 Å². The van der Waals surface area contributed by atoms with Crippen LogP contribution in [0.1, 0.15) is 10.4 Å². The van der Waals surface area contributed by atoms with Gasteiger partial charge in [0.25, 0.3) is 5.91 Å². The fraction of sp³-hybridized carbons (Fsp3) is 0.312. The molecule has 1 atom stereocenters. The highest BCUT2D eigenvalue weighted by molar-refractivity contribution is 7.84. The van der Waals surface area contributed by atoms with Crippen molar-refractivity contribution in [2.75, 3.05) is 37.3 Å². The van der Waals surface area contributed by atoms with Crippen LogP contribution in [0.25, 0.3) is 0 Å². The predicted octanol–water partition coefficient (Wildman–Crippen LogP) is 1.18. The van der Waals surface area contributed by atoms with E-state index in [1.807, 2.05) is 4.90 Å². The van der Waals surface area contributed by atoms with E-state index in [-0.39, 0.29) is 5.91 Å². The number of benzene rings is 1. The molecular formula is C16H18N4O2S. The van der Waals surface area contributed by atoms with Gasteiger partial charge >= 0.3 is 0 Å². The maximum atomic E-state index is 12.5. The van der Waals surface area contributed by atoms with Gasteiger partial charge in [-0.1, -0.05) is 0 Å². The van der Waals surface area contributed by atoms with Crippen LogP contribution in [0, 0.1) is 0 Å². The van der Waals surface area contributed by atoms with Gasteiger partial charge in [0.15, 0.2) is 0 Å². The van der Waals surface area contributed by atoms with E-state index in [0.29, 0.717) is 18.7 Å². The standard InChI is InChI=1S/C16H18N4O2S/c1-23(22)14-4-2-13(3-5-14)16(21)20-10-8-19(9-11-20)15-12-17-6-7-18-15/h2-7,12H,8-11H2,1H3/t23-/m1/s1. The summed E-state index contributed by atoms with van der Waals surface area (Å²) in [6.45, 7) is 2.77. The lowest BCUT2D eigenvalue weighted by atomic mass is 10.2. The summed E-state index contributed by atoms with van der Waals surface area (Å²) in [5, 5.41) is 0. The lowest BCUT2D eigenvalue weighted by Crippen LogP contribution is -2.49. The molecule has 1 aliphatic heterocycles. The van der Waals surface area contributed by atoms with Crippen LogP contribution in [0.4, 0.5) is 5.82 Å². The van der Waals surface area contributed by atoms with Crippen LogP contribution in [0.15, 0.2) is 47.8 Å². The van der Waals surface area contributed by atoms with Gasteiger partial charge in [0, 0.05) is 66.1 Å². The Morgan fingerprint density at radius 1 is 1.09 bits per heavy atom. The van der Waals surface area contributed by atoms with Gasteiger partial charge < -0.3 is 9.80 Å². The molecule has 7 heteroatoms. The molecule has 1 aromatic heterocycles. The van der Waals surface area contributed by atoms with Gasteiger partial charge in [-0.3, -0.25) is 14.0 Å². The van der Waals surface area contributed by atoms with E-state index in [1.54, 1.807) is 49.1 Å². The molecule has 120 valence electrons. The van der Waals surface area contributed by atoms with Crippen molar-refractivity contribution in [3.8, 4) is 0 Å². The Labute approximate surface area is 137 Å². The van der Waals surface area contributed by atoms with Gasteiger partial charge in [0.05, 0.1) is 6.20 Å². The highest BCUT2D eigenvalue weighted by Gasteiger charge is 2.22. The molecule has 1 amide bonds. The molecule has 0 bridgehead atoms. The zero-order chi connectivity index (χ0) is 16.2. The monoisotopic (exact) mass is 330 g/mol. The molecule has 0 N–H and O–H groups in total. The Kier molecular flexibility index (Phi) is 4.66. The molecule has 2 heterocycles. The van der Waals surface area contributed by atoms with Crippen molar-refractivity contribution in [2.24, 2.45) is 0 Å². The zero-order valence-electron chi connectivity index (χ0n) is 12.9. The lowest BCUT2D eigenvalue weighted by molar-refractivity contribution is 0.0746. The number of aromatic nitrogens is 2. The maximum absolute atomic E-state index is 12.5. The number of hydrogen-bond acceptors (Lipinski definition) is 5. The van der Waals surface area contributed by atoms with E-state index >= 15 is 0 Å². The molecule has 1 aliphatic rings. The Morgan fingerprint density at radius 3 is 2.35 bits per heavy atom. The Hall–Kier alpha value is -2.28. The number of rotatable bonds is 3. The van der Waals surface area contributed by atoms with E-state index in [0.717, 1.165) is 23.8 Å². The van der Waals surface area contributed by atoms with Crippen LogP contribution in [-0.4, -0.2) is 57.4 Å². The smallest absolute Gasteiger partial charge is 0.253 e. The second-order valence-corrected chi connectivity index (χ2v) is 6.70. The molecule has 1 fully saturated rings. The summed E-state index contributed by atoms with van der Waals surface area (Å²) in [5.41, 5.74) is 0.632. The zero-order valence-corrected chi connectivity index (χ0v) is 13.7. The molecule has 1 aromatic carbocycles. The van der Waals surface area contributed by atoms with Crippen molar-refractivity contribution in [2.45, 2.75) is 4.90 Å². The average molecular weight is 330 g/mol. The summed E-state index contributed by atoms with van der Waals surface area (Å²) in [7, 11) is -1.03. The minimum atomic E-state index is -1.03. The Morgan fingerprint density at radius 2 is 1.78 bits per heavy atom. The number of carbonyl (C=O) groups excluding carboxylic acids is 1.